The van der Waals surface area contributed by atoms with Crippen molar-refractivity contribution in [1.82, 2.24) is 4.72 Å². The van der Waals surface area contributed by atoms with Gasteiger partial charge in [-0.05, 0) is 0 Å². The largest absolute Gasteiger partial charge is 0.760 e. The number of hydrogen-bond donors (Lipinski definition) is 1. The first-order valence-electron chi connectivity index (χ1n) is 3.31. The molecule has 0 aromatic rings. The summed E-state index contributed by atoms with van der Waals surface area (Å²) in [6.07, 6.45) is -0.137. The van der Waals surface area contributed by atoms with Crippen molar-refractivity contribution in [2.75, 3.05) is 26.4 Å². The molecule has 0 aromatic carbocycles. The molecule has 1 fully saturated rings. The van der Waals surface area contributed by atoms with Gasteiger partial charge >= 0.3 is 0 Å². The highest BCUT2D eigenvalue weighted by atomic mass is 32.2. The smallest absolute Gasteiger partial charge is 0.0943 e. The van der Waals surface area contributed by atoms with Crippen LogP contribution in [0.25, 0.3) is 0 Å². The molecule has 0 radical (unpaired) electrons. The van der Waals surface area contributed by atoms with Crippen molar-refractivity contribution >= 4 is 11.3 Å². The second-order valence-electron chi connectivity index (χ2n) is 2.15. The van der Waals surface area contributed by atoms with Gasteiger partial charge in [-0.2, -0.15) is 0 Å². The summed E-state index contributed by atoms with van der Waals surface area (Å²) in [6.45, 7) is 1.88. The molecule has 11 heavy (non-hydrogen) atoms. The van der Waals surface area contributed by atoms with E-state index in [0.717, 1.165) is 0 Å². The molecule has 0 amide bonds. The van der Waals surface area contributed by atoms with E-state index in [1.54, 1.807) is 0 Å². The molecule has 1 N–H and O–H groups in total. The third kappa shape index (κ3) is 3.78. The van der Waals surface area contributed by atoms with Crippen LogP contribution in [0.1, 0.15) is 0 Å². The van der Waals surface area contributed by atoms with E-state index in [-0.39, 0.29) is 12.6 Å². The molecule has 1 rings (SSSR count). The fourth-order valence-electron chi connectivity index (χ4n) is 0.815. The van der Waals surface area contributed by atoms with Crippen LogP contribution in [0.15, 0.2) is 0 Å². The predicted octanol–water partition coefficient (Wildman–Crippen LogP) is -1.21. The van der Waals surface area contributed by atoms with Crippen LogP contribution in [0.5, 0.6) is 0 Å². The van der Waals surface area contributed by atoms with E-state index >= 15 is 0 Å². The van der Waals surface area contributed by atoms with Crippen LogP contribution in [0.4, 0.5) is 0 Å². The van der Waals surface area contributed by atoms with Gasteiger partial charge in [-0.3, -0.25) is 4.21 Å². The molecule has 0 aromatic heterocycles. The first kappa shape index (κ1) is 9.08. The monoisotopic (exact) mass is 180 g/mol. The Morgan fingerprint density at radius 3 is 3.00 bits per heavy atom. The normalized spacial score (nSPS) is 28.3. The zero-order valence-corrected chi connectivity index (χ0v) is 6.76. The summed E-state index contributed by atoms with van der Waals surface area (Å²) >= 11 is -2.20. The van der Waals surface area contributed by atoms with Gasteiger partial charge in [0.25, 0.3) is 0 Å². The molecule has 2 atom stereocenters. The summed E-state index contributed by atoms with van der Waals surface area (Å²) < 4.78 is 32.5. The molecule has 0 bridgehead atoms. The van der Waals surface area contributed by atoms with Crippen LogP contribution >= 0.6 is 0 Å². The predicted molar refractivity (Wildman–Crippen MR) is 37.5 cm³/mol. The molecule has 1 saturated heterocycles. The zero-order valence-electron chi connectivity index (χ0n) is 5.95. The quantitative estimate of drug-likeness (QED) is 0.553. The van der Waals surface area contributed by atoms with Gasteiger partial charge in [0, 0.05) is 17.8 Å². The summed E-state index contributed by atoms with van der Waals surface area (Å²) in [7, 11) is 0. The fourth-order valence-corrected chi connectivity index (χ4v) is 1.14. The van der Waals surface area contributed by atoms with Crippen LogP contribution < -0.4 is 4.72 Å². The molecular weight excluding hydrogens is 170 g/mol. The zero-order chi connectivity index (χ0) is 8.10. The number of hydrogen-bond acceptors (Lipinski definition) is 4. The summed E-state index contributed by atoms with van der Waals surface area (Å²) in [5.41, 5.74) is 0. The Morgan fingerprint density at radius 1 is 1.64 bits per heavy atom. The minimum atomic E-state index is -2.20. The van der Waals surface area contributed by atoms with Gasteiger partial charge in [0.15, 0.2) is 0 Å². The third-order valence-electron chi connectivity index (χ3n) is 1.31. The van der Waals surface area contributed by atoms with E-state index in [4.69, 9.17) is 9.47 Å². The van der Waals surface area contributed by atoms with E-state index in [2.05, 4.69) is 4.72 Å². The highest BCUT2D eigenvalue weighted by molar-refractivity contribution is 7.77. The first-order valence-corrected chi connectivity index (χ1v) is 4.38. The Hall–Kier alpha value is -0.0100. The maximum atomic E-state index is 10.0. The average Bonchev–Trinajstić information content (AvgIpc) is 2.03. The van der Waals surface area contributed by atoms with Gasteiger partial charge in [0.1, 0.15) is 0 Å². The minimum Gasteiger partial charge on any atom is -0.760 e. The maximum Gasteiger partial charge on any atom is 0.0943 e. The Balaban J connectivity index is 2.09. The number of rotatable bonds is 3. The van der Waals surface area contributed by atoms with Crippen molar-refractivity contribution in [3.05, 3.63) is 0 Å². The van der Waals surface area contributed by atoms with Gasteiger partial charge in [-0.15, -0.1) is 0 Å². The average molecular weight is 180 g/mol. The molecule has 6 heteroatoms. The summed E-state index contributed by atoms with van der Waals surface area (Å²) in [4.78, 5) is 0. The van der Waals surface area contributed by atoms with E-state index in [9.17, 15) is 8.76 Å². The molecule has 1 aliphatic heterocycles. The molecule has 0 saturated carbocycles. The number of ether oxygens (including phenoxy) is 2. The van der Waals surface area contributed by atoms with Crippen molar-refractivity contribution in [3.63, 3.8) is 0 Å². The van der Waals surface area contributed by atoms with Gasteiger partial charge in [0.05, 0.1) is 25.9 Å². The molecule has 1 heterocycles. The molecule has 0 aliphatic carbocycles. The lowest BCUT2D eigenvalue weighted by molar-refractivity contribution is -0.0847. The lowest BCUT2D eigenvalue weighted by Crippen LogP contribution is -2.37. The topological polar surface area (TPSA) is 70.6 Å². The molecule has 0 spiro atoms. The molecule has 1 aliphatic rings. The van der Waals surface area contributed by atoms with E-state index in [0.29, 0.717) is 19.8 Å². The second kappa shape index (κ2) is 4.78. The Morgan fingerprint density at radius 2 is 2.45 bits per heavy atom. The standard InChI is InChI=1S/C5H11NO4S/c7-11(8)6-3-5-4-9-1-2-10-5/h5-6H,1-4H2,(H,7,8)/p-1. The van der Waals surface area contributed by atoms with Crippen LogP contribution in [0, 0.1) is 0 Å². The van der Waals surface area contributed by atoms with Crippen LogP contribution in [0.2, 0.25) is 0 Å². The van der Waals surface area contributed by atoms with Gasteiger partial charge in [-0.25, -0.2) is 4.72 Å². The Labute approximate surface area is 67.5 Å². The Kier molecular flexibility index (Phi) is 3.95. The molecule has 5 nitrogen and oxygen atoms in total. The van der Waals surface area contributed by atoms with Gasteiger partial charge < -0.3 is 14.0 Å². The SMILES string of the molecule is O=S([O-])NCC1COCCO1. The van der Waals surface area contributed by atoms with Crippen molar-refractivity contribution in [3.8, 4) is 0 Å². The van der Waals surface area contributed by atoms with Crippen molar-refractivity contribution < 1.29 is 18.2 Å². The molecule has 2 unspecified atom stereocenters. The van der Waals surface area contributed by atoms with Crippen molar-refractivity contribution in [1.29, 1.82) is 0 Å². The summed E-state index contributed by atoms with van der Waals surface area (Å²) in [5, 5.41) is 0. The highest BCUT2D eigenvalue weighted by Crippen LogP contribution is 1.98. The minimum absolute atomic E-state index is 0.137. The van der Waals surface area contributed by atoms with Crippen molar-refractivity contribution in [2.24, 2.45) is 0 Å². The first-order chi connectivity index (χ1) is 5.29. The van der Waals surface area contributed by atoms with E-state index < -0.39 is 11.3 Å². The maximum absolute atomic E-state index is 10.0. The highest BCUT2D eigenvalue weighted by Gasteiger charge is 2.12. The van der Waals surface area contributed by atoms with Crippen LogP contribution in [-0.4, -0.2) is 41.2 Å². The molecular formula is C5H10NO4S-. The Bertz CT molecular complexity index is 136. The summed E-state index contributed by atoms with van der Waals surface area (Å²) in [5.74, 6) is 0. The van der Waals surface area contributed by atoms with E-state index in [1.165, 1.54) is 0 Å². The fraction of sp³-hybridized carbons (Fsp3) is 1.00. The van der Waals surface area contributed by atoms with Gasteiger partial charge in [0.2, 0.25) is 0 Å². The van der Waals surface area contributed by atoms with Crippen molar-refractivity contribution in [2.45, 2.75) is 6.10 Å². The molecule has 66 valence electrons. The van der Waals surface area contributed by atoms with Crippen LogP contribution in [-0.2, 0) is 20.7 Å². The second-order valence-corrected chi connectivity index (χ2v) is 2.91. The third-order valence-corrected chi connectivity index (χ3v) is 1.72. The summed E-state index contributed by atoms with van der Waals surface area (Å²) in [6, 6.07) is 0. The number of nitrogens with one attached hydrogen (secondary N) is 1. The van der Waals surface area contributed by atoms with Crippen LogP contribution in [0.3, 0.4) is 0 Å². The van der Waals surface area contributed by atoms with E-state index in [1.807, 2.05) is 0 Å². The van der Waals surface area contributed by atoms with Gasteiger partial charge in [-0.1, -0.05) is 0 Å². The lowest BCUT2D eigenvalue weighted by Gasteiger charge is -2.23. The lowest BCUT2D eigenvalue weighted by atomic mass is 10.3.